The van der Waals surface area contributed by atoms with E-state index in [1.807, 2.05) is 11.8 Å². The van der Waals surface area contributed by atoms with Gasteiger partial charge in [-0.2, -0.15) is 11.8 Å². The van der Waals surface area contributed by atoms with Gasteiger partial charge in [-0.1, -0.05) is 13.0 Å². The molecule has 0 aromatic heterocycles. The lowest BCUT2D eigenvalue weighted by molar-refractivity contribution is 0.245. The van der Waals surface area contributed by atoms with Gasteiger partial charge in [0.1, 0.15) is 11.6 Å². The molecule has 0 aliphatic rings. The van der Waals surface area contributed by atoms with Crippen molar-refractivity contribution < 1.29 is 9.13 Å². The zero-order chi connectivity index (χ0) is 15.8. The van der Waals surface area contributed by atoms with Crippen molar-refractivity contribution in [2.75, 3.05) is 32.7 Å². The van der Waals surface area contributed by atoms with Gasteiger partial charge < -0.3 is 15.4 Å². The van der Waals surface area contributed by atoms with E-state index in [2.05, 4.69) is 25.1 Å². The second kappa shape index (κ2) is 9.28. The fourth-order valence-corrected chi connectivity index (χ4v) is 3.35. The first-order valence-electron chi connectivity index (χ1n) is 7.32. The first-order chi connectivity index (χ1) is 10.0. The summed E-state index contributed by atoms with van der Waals surface area (Å²) in [5.74, 6) is 1.34. The minimum absolute atomic E-state index is 0.291. The van der Waals surface area contributed by atoms with E-state index >= 15 is 0 Å². The molecule has 0 heterocycles. The summed E-state index contributed by atoms with van der Waals surface area (Å²) < 4.78 is 19.2. The van der Waals surface area contributed by atoms with E-state index in [9.17, 15) is 4.39 Å². The molecule has 2 unspecified atom stereocenters. The molecule has 2 N–H and O–H groups in total. The highest BCUT2D eigenvalue weighted by atomic mass is 32.2. The van der Waals surface area contributed by atoms with Crippen LogP contribution in [0.3, 0.4) is 0 Å². The number of nitrogens with two attached hydrogens (primary N) is 1. The highest BCUT2D eigenvalue weighted by Crippen LogP contribution is 2.28. The zero-order valence-corrected chi connectivity index (χ0v) is 14.3. The van der Waals surface area contributed by atoms with Crippen LogP contribution in [0.2, 0.25) is 0 Å². The number of halogens is 1. The van der Waals surface area contributed by atoms with Gasteiger partial charge in [0.15, 0.2) is 0 Å². The van der Waals surface area contributed by atoms with Crippen molar-refractivity contribution in [1.29, 1.82) is 0 Å². The Kier molecular flexibility index (Phi) is 8.07. The van der Waals surface area contributed by atoms with Crippen molar-refractivity contribution in [1.82, 2.24) is 4.90 Å². The second-order valence-corrected chi connectivity index (χ2v) is 6.16. The van der Waals surface area contributed by atoms with Crippen LogP contribution in [0.1, 0.15) is 31.4 Å². The van der Waals surface area contributed by atoms with E-state index < -0.39 is 0 Å². The summed E-state index contributed by atoms with van der Waals surface area (Å²) in [4.78, 5) is 2.31. The van der Waals surface area contributed by atoms with Crippen LogP contribution in [0.15, 0.2) is 18.2 Å². The molecule has 0 amide bonds. The van der Waals surface area contributed by atoms with Crippen LogP contribution in [0, 0.1) is 5.82 Å². The third-order valence-electron chi connectivity index (χ3n) is 3.85. The van der Waals surface area contributed by atoms with Gasteiger partial charge in [0, 0.05) is 23.4 Å². The predicted octanol–water partition coefficient (Wildman–Crippen LogP) is 3.30. The average Bonchev–Trinajstić information content (AvgIpc) is 2.49. The molecule has 1 rings (SSSR count). The van der Waals surface area contributed by atoms with E-state index in [1.165, 1.54) is 6.07 Å². The van der Waals surface area contributed by atoms with Crippen LogP contribution in [-0.2, 0) is 0 Å². The lowest BCUT2D eigenvalue weighted by atomic mass is 10.0. The number of thioether (sulfide) groups is 1. The Morgan fingerprint density at radius 1 is 1.43 bits per heavy atom. The maximum atomic E-state index is 14.0. The first kappa shape index (κ1) is 18.3. The average molecular weight is 314 g/mol. The van der Waals surface area contributed by atoms with Crippen LogP contribution >= 0.6 is 11.8 Å². The van der Waals surface area contributed by atoms with Crippen molar-refractivity contribution in [3.63, 3.8) is 0 Å². The zero-order valence-electron chi connectivity index (χ0n) is 13.4. The fraction of sp³-hybridized carbons (Fsp3) is 0.625. The minimum Gasteiger partial charge on any atom is -0.496 e. The van der Waals surface area contributed by atoms with Crippen molar-refractivity contribution in [3.8, 4) is 5.75 Å². The van der Waals surface area contributed by atoms with Gasteiger partial charge >= 0.3 is 0 Å². The summed E-state index contributed by atoms with van der Waals surface area (Å²) in [7, 11) is 3.65. The van der Waals surface area contributed by atoms with Crippen molar-refractivity contribution >= 4 is 11.8 Å². The molecule has 0 saturated heterocycles. The van der Waals surface area contributed by atoms with Crippen LogP contribution < -0.4 is 10.5 Å². The van der Waals surface area contributed by atoms with Crippen molar-refractivity contribution in [2.45, 2.75) is 31.8 Å². The number of rotatable bonds is 9. The number of nitrogens with zero attached hydrogens (tertiary/aromatic N) is 1. The van der Waals surface area contributed by atoms with E-state index in [-0.39, 0.29) is 11.9 Å². The SMILES string of the molecule is CCC(CSC)N(C)CCC(N)c1c(F)cccc1OC. The Hall–Kier alpha value is -0.780. The molecule has 2 atom stereocenters. The maximum absolute atomic E-state index is 14.0. The first-order valence-corrected chi connectivity index (χ1v) is 8.71. The standard InChI is InChI=1S/C16H27FN2OS/c1-5-12(11-21-4)19(2)10-9-14(18)16-13(17)7-6-8-15(16)20-3/h6-8,12,14H,5,9-11,18H2,1-4H3. The molecule has 21 heavy (non-hydrogen) atoms. The Morgan fingerprint density at radius 3 is 2.71 bits per heavy atom. The quantitative estimate of drug-likeness (QED) is 0.759. The lowest BCUT2D eigenvalue weighted by Crippen LogP contribution is -2.35. The van der Waals surface area contributed by atoms with E-state index in [0.29, 0.717) is 23.8 Å². The molecule has 0 radical (unpaired) electrons. The second-order valence-electron chi connectivity index (χ2n) is 5.25. The third-order valence-corrected chi connectivity index (χ3v) is 4.57. The minimum atomic E-state index is -0.351. The van der Waals surface area contributed by atoms with Gasteiger partial charge in [0.25, 0.3) is 0 Å². The highest BCUT2D eigenvalue weighted by molar-refractivity contribution is 7.98. The van der Waals surface area contributed by atoms with Crippen LogP contribution in [0.5, 0.6) is 5.75 Å². The Bertz CT molecular complexity index is 431. The number of benzene rings is 1. The summed E-state index contributed by atoms with van der Waals surface area (Å²) in [6.07, 6.45) is 3.93. The van der Waals surface area contributed by atoms with Gasteiger partial charge in [0.05, 0.1) is 7.11 Å². The largest absolute Gasteiger partial charge is 0.496 e. The van der Waals surface area contributed by atoms with Crippen LogP contribution in [0.4, 0.5) is 4.39 Å². The van der Waals surface area contributed by atoms with Crippen molar-refractivity contribution in [3.05, 3.63) is 29.6 Å². The smallest absolute Gasteiger partial charge is 0.131 e. The van der Waals surface area contributed by atoms with Crippen LogP contribution in [0.25, 0.3) is 0 Å². The molecular weight excluding hydrogens is 287 g/mol. The van der Waals surface area contributed by atoms with Gasteiger partial charge in [-0.3, -0.25) is 0 Å². The van der Waals surface area contributed by atoms with Gasteiger partial charge in [-0.15, -0.1) is 0 Å². The molecule has 0 aliphatic carbocycles. The maximum Gasteiger partial charge on any atom is 0.131 e. The topological polar surface area (TPSA) is 38.5 Å². The monoisotopic (exact) mass is 314 g/mol. The van der Waals surface area contributed by atoms with Gasteiger partial charge in [-0.05, 0) is 44.8 Å². The third kappa shape index (κ3) is 5.16. The summed E-state index contributed by atoms with van der Waals surface area (Å²) >= 11 is 1.85. The van der Waals surface area contributed by atoms with E-state index in [0.717, 1.165) is 18.7 Å². The number of methoxy groups -OCH3 is 1. The lowest BCUT2D eigenvalue weighted by Gasteiger charge is -2.28. The summed E-state index contributed by atoms with van der Waals surface area (Å²) in [6, 6.07) is 5.02. The van der Waals surface area contributed by atoms with E-state index in [4.69, 9.17) is 10.5 Å². The molecule has 5 heteroatoms. The van der Waals surface area contributed by atoms with Gasteiger partial charge in [0.2, 0.25) is 0 Å². The molecule has 0 aliphatic heterocycles. The highest BCUT2D eigenvalue weighted by Gasteiger charge is 2.19. The molecular formula is C16H27FN2OS. The number of ether oxygens (including phenoxy) is 1. The summed E-state index contributed by atoms with van der Waals surface area (Å²) in [5.41, 5.74) is 6.66. The summed E-state index contributed by atoms with van der Waals surface area (Å²) in [5, 5.41) is 0. The molecule has 1 aromatic carbocycles. The molecule has 1 aromatic rings. The summed E-state index contributed by atoms with van der Waals surface area (Å²) in [6.45, 7) is 3.04. The Balaban J connectivity index is 2.67. The molecule has 0 bridgehead atoms. The predicted molar refractivity (Wildman–Crippen MR) is 89.6 cm³/mol. The van der Waals surface area contributed by atoms with Gasteiger partial charge in [-0.25, -0.2) is 4.39 Å². The molecule has 0 spiro atoms. The Labute approximate surface area is 132 Å². The molecule has 0 fully saturated rings. The van der Waals surface area contributed by atoms with E-state index in [1.54, 1.807) is 19.2 Å². The van der Waals surface area contributed by atoms with Crippen LogP contribution in [-0.4, -0.2) is 43.7 Å². The fourth-order valence-electron chi connectivity index (χ4n) is 2.47. The molecule has 120 valence electrons. The normalized spacial score (nSPS) is 14.2. The molecule has 0 saturated carbocycles. The number of hydrogen-bond acceptors (Lipinski definition) is 4. The molecule has 3 nitrogen and oxygen atoms in total. The van der Waals surface area contributed by atoms with Crippen molar-refractivity contribution in [2.24, 2.45) is 5.73 Å². The Morgan fingerprint density at radius 2 is 2.14 bits per heavy atom. The number of hydrogen-bond donors (Lipinski definition) is 1.